The minimum absolute atomic E-state index is 0.108. The molecule has 3 aromatic rings. The van der Waals surface area contributed by atoms with E-state index in [-0.39, 0.29) is 11.7 Å². The summed E-state index contributed by atoms with van der Waals surface area (Å²) in [7, 11) is 0. The Bertz CT molecular complexity index is 1110. The van der Waals surface area contributed by atoms with Crippen LogP contribution in [0.5, 0.6) is 5.75 Å². The summed E-state index contributed by atoms with van der Waals surface area (Å²) in [6.07, 6.45) is -0.538. The van der Waals surface area contributed by atoms with Crippen LogP contribution in [-0.4, -0.2) is 46.5 Å². The van der Waals surface area contributed by atoms with Crippen molar-refractivity contribution < 1.29 is 27.8 Å². The topological polar surface area (TPSA) is 87.6 Å². The van der Waals surface area contributed by atoms with Crippen molar-refractivity contribution in [3.63, 3.8) is 0 Å². The van der Waals surface area contributed by atoms with Crippen LogP contribution in [0, 0.1) is 5.92 Å². The molecule has 1 aliphatic rings. The molecule has 0 aliphatic carbocycles. The molecule has 33 heavy (non-hydrogen) atoms. The van der Waals surface area contributed by atoms with Crippen LogP contribution in [0.3, 0.4) is 0 Å². The molecule has 1 saturated heterocycles. The number of aromatic nitrogens is 2. The van der Waals surface area contributed by atoms with E-state index in [2.05, 4.69) is 24.9 Å². The van der Waals surface area contributed by atoms with Crippen LogP contribution in [0.25, 0.3) is 11.1 Å². The first-order valence-corrected chi connectivity index (χ1v) is 10.2. The Labute approximate surface area is 187 Å². The summed E-state index contributed by atoms with van der Waals surface area (Å²) in [4.78, 5) is 23.0. The number of hydrogen-bond acceptors (Lipinski definition) is 6. The third kappa shape index (κ3) is 5.40. The number of alkyl halides is 3. The fourth-order valence-corrected chi connectivity index (χ4v) is 3.71. The summed E-state index contributed by atoms with van der Waals surface area (Å²) in [5.41, 5.74) is 2.96. The zero-order chi connectivity index (χ0) is 23.6. The van der Waals surface area contributed by atoms with Gasteiger partial charge in [-0.1, -0.05) is 6.92 Å². The molecular formula is C23H21F3N4O3. The number of aliphatic hydroxyl groups is 1. The normalized spacial score (nSPS) is 18.3. The van der Waals surface area contributed by atoms with Gasteiger partial charge in [0.2, 0.25) is 0 Å². The standard InChI is InChI=1S/C23H21F3N4O3/c1-14-11-30(12-21(14)31)20-7-2-15(8-19(20)16-9-27-13-28-10-16)22(32)29-17-3-5-18(6-4-17)33-23(24,25)26/h2-10,13-14,21,31H,11-12H2,1H3,(H,29,32)/t14-,21+/m0/s1. The monoisotopic (exact) mass is 458 g/mol. The first-order chi connectivity index (χ1) is 15.7. The largest absolute Gasteiger partial charge is 0.573 e. The Balaban J connectivity index is 1.58. The second kappa shape index (κ2) is 9.07. The van der Waals surface area contributed by atoms with Crippen LogP contribution in [0.4, 0.5) is 24.5 Å². The summed E-state index contributed by atoms with van der Waals surface area (Å²) in [6.45, 7) is 3.11. The number of nitrogens with one attached hydrogen (secondary N) is 1. The SMILES string of the molecule is C[C@H]1CN(c2ccc(C(=O)Nc3ccc(OC(F)(F)F)cc3)cc2-c2cncnc2)C[C@H]1O. The Morgan fingerprint density at radius 2 is 1.82 bits per heavy atom. The number of nitrogens with zero attached hydrogens (tertiary/aromatic N) is 3. The third-order valence-electron chi connectivity index (χ3n) is 5.39. The molecule has 1 aromatic heterocycles. The number of benzene rings is 2. The van der Waals surface area contributed by atoms with Crippen molar-refractivity contribution in [2.24, 2.45) is 5.92 Å². The smallest absolute Gasteiger partial charge is 0.406 e. The van der Waals surface area contributed by atoms with Crippen molar-refractivity contribution in [2.45, 2.75) is 19.4 Å². The second-order valence-electron chi connectivity index (χ2n) is 7.84. The number of hydrogen-bond donors (Lipinski definition) is 2. The number of anilines is 2. The van der Waals surface area contributed by atoms with Gasteiger partial charge in [0.05, 0.1) is 6.10 Å². The Morgan fingerprint density at radius 3 is 2.42 bits per heavy atom. The maximum absolute atomic E-state index is 12.8. The van der Waals surface area contributed by atoms with E-state index in [1.807, 2.05) is 13.0 Å². The van der Waals surface area contributed by atoms with Gasteiger partial charge in [-0.15, -0.1) is 13.2 Å². The minimum atomic E-state index is -4.78. The van der Waals surface area contributed by atoms with Gasteiger partial charge in [0.15, 0.2) is 0 Å². The van der Waals surface area contributed by atoms with Gasteiger partial charge in [-0.25, -0.2) is 9.97 Å². The van der Waals surface area contributed by atoms with Gasteiger partial charge in [0, 0.05) is 59.5 Å². The van der Waals surface area contributed by atoms with E-state index < -0.39 is 18.4 Å². The Kier molecular flexibility index (Phi) is 6.19. The summed E-state index contributed by atoms with van der Waals surface area (Å²) in [5.74, 6) is -0.700. The molecule has 0 unspecified atom stereocenters. The molecule has 0 spiro atoms. The lowest BCUT2D eigenvalue weighted by Gasteiger charge is -2.22. The summed E-state index contributed by atoms with van der Waals surface area (Å²) in [5, 5.41) is 12.8. The van der Waals surface area contributed by atoms with E-state index in [1.54, 1.807) is 24.5 Å². The average Bonchev–Trinajstić information content (AvgIpc) is 3.12. The molecular weight excluding hydrogens is 437 g/mol. The van der Waals surface area contributed by atoms with Crippen molar-refractivity contribution in [3.05, 3.63) is 66.7 Å². The molecule has 0 bridgehead atoms. The molecule has 1 fully saturated rings. The van der Waals surface area contributed by atoms with Crippen LogP contribution in [0.15, 0.2) is 61.2 Å². The van der Waals surface area contributed by atoms with Crippen molar-refractivity contribution in [3.8, 4) is 16.9 Å². The molecule has 2 aromatic carbocycles. The average molecular weight is 458 g/mol. The van der Waals surface area contributed by atoms with Gasteiger partial charge in [0.25, 0.3) is 5.91 Å². The molecule has 7 nitrogen and oxygen atoms in total. The number of amides is 1. The van der Waals surface area contributed by atoms with Gasteiger partial charge in [-0.2, -0.15) is 0 Å². The maximum Gasteiger partial charge on any atom is 0.573 e. The Hall–Kier alpha value is -3.66. The highest BCUT2D eigenvalue weighted by atomic mass is 19.4. The predicted octanol–water partition coefficient (Wildman–Crippen LogP) is 4.11. The van der Waals surface area contributed by atoms with E-state index in [0.29, 0.717) is 29.9 Å². The molecule has 2 N–H and O–H groups in total. The highest BCUT2D eigenvalue weighted by Crippen LogP contribution is 2.34. The van der Waals surface area contributed by atoms with E-state index in [1.165, 1.54) is 18.5 Å². The van der Waals surface area contributed by atoms with Crippen LogP contribution in [0.2, 0.25) is 0 Å². The van der Waals surface area contributed by atoms with Gasteiger partial charge >= 0.3 is 6.36 Å². The van der Waals surface area contributed by atoms with Gasteiger partial charge in [0.1, 0.15) is 12.1 Å². The summed E-state index contributed by atoms with van der Waals surface area (Å²) in [6, 6.07) is 10.1. The third-order valence-corrected chi connectivity index (χ3v) is 5.39. The highest BCUT2D eigenvalue weighted by Gasteiger charge is 2.31. The van der Waals surface area contributed by atoms with Crippen molar-refractivity contribution in [1.29, 1.82) is 0 Å². The van der Waals surface area contributed by atoms with Crippen molar-refractivity contribution >= 4 is 17.3 Å². The summed E-state index contributed by atoms with van der Waals surface area (Å²) >= 11 is 0. The molecule has 2 atom stereocenters. The lowest BCUT2D eigenvalue weighted by molar-refractivity contribution is -0.274. The highest BCUT2D eigenvalue weighted by molar-refractivity contribution is 6.05. The van der Waals surface area contributed by atoms with Gasteiger partial charge in [-0.05, 0) is 42.5 Å². The predicted molar refractivity (Wildman–Crippen MR) is 116 cm³/mol. The molecule has 0 radical (unpaired) electrons. The van der Waals surface area contributed by atoms with Gasteiger partial charge in [-0.3, -0.25) is 4.79 Å². The van der Waals surface area contributed by atoms with Crippen LogP contribution in [-0.2, 0) is 0 Å². The summed E-state index contributed by atoms with van der Waals surface area (Å²) < 4.78 is 40.8. The lowest BCUT2D eigenvalue weighted by Crippen LogP contribution is -2.22. The van der Waals surface area contributed by atoms with Crippen LogP contribution >= 0.6 is 0 Å². The quantitative estimate of drug-likeness (QED) is 0.598. The van der Waals surface area contributed by atoms with Gasteiger partial charge < -0.3 is 20.1 Å². The molecule has 2 heterocycles. The van der Waals surface area contributed by atoms with E-state index in [4.69, 9.17) is 0 Å². The van der Waals surface area contributed by atoms with E-state index in [0.717, 1.165) is 23.4 Å². The number of rotatable bonds is 5. The lowest BCUT2D eigenvalue weighted by atomic mass is 10.0. The number of ether oxygens (including phenoxy) is 1. The van der Waals surface area contributed by atoms with Crippen LogP contribution in [0.1, 0.15) is 17.3 Å². The molecule has 1 amide bonds. The molecule has 0 saturated carbocycles. The number of halogens is 3. The molecule has 4 rings (SSSR count). The maximum atomic E-state index is 12.8. The minimum Gasteiger partial charge on any atom is -0.406 e. The second-order valence-corrected chi connectivity index (χ2v) is 7.84. The molecule has 10 heteroatoms. The van der Waals surface area contributed by atoms with Crippen molar-refractivity contribution in [2.75, 3.05) is 23.3 Å². The number of aliphatic hydroxyl groups excluding tert-OH is 1. The number of carbonyl (C=O) groups excluding carboxylic acids is 1. The zero-order valence-corrected chi connectivity index (χ0v) is 17.6. The van der Waals surface area contributed by atoms with Crippen LogP contribution < -0.4 is 15.0 Å². The number of β-amino-alcohol motifs (C(OH)–C–C–N with tert-alkyl or cyclic N) is 1. The fourth-order valence-electron chi connectivity index (χ4n) is 3.71. The fraction of sp³-hybridized carbons (Fsp3) is 0.261. The first kappa shape index (κ1) is 22.5. The van der Waals surface area contributed by atoms with Crippen molar-refractivity contribution in [1.82, 2.24) is 9.97 Å². The Morgan fingerprint density at radius 1 is 1.12 bits per heavy atom. The van der Waals surface area contributed by atoms with E-state index in [9.17, 15) is 23.1 Å². The molecule has 172 valence electrons. The zero-order valence-electron chi connectivity index (χ0n) is 17.6. The first-order valence-electron chi connectivity index (χ1n) is 10.2. The number of carbonyl (C=O) groups is 1. The van der Waals surface area contributed by atoms with E-state index >= 15 is 0 Å². The molecule has 1 aliphatic heterocycles.